The van der Waals surface area contributed by atoms with Gasteiger partial charge in [0.1, 0.15) is 10.8 Å². The van der Waals surface area contributed by atoms with Gasteiger partial charge in [-0.25, -0.2) is 0 Å². The summed E-state index contributed by atoms with van der Waals surface area (Å²) in [4.78, 5) is 0. The highest BCUT2D eigenvalue weighted by molar-refractivity contribution is 6.52. The fraction of sp³-hybridized carbons (Fsp3) is 0.143. The Balaban J connectivity index is 2.23. The van der Waals surface area contributed by atoms with E-state index in [-0.39, 0.29) is 10.0 Å². The van der Waals surface area contributed by atoms with E-state index in [9.17, 15) is 0 Å². The molecule has 0 saturated carbocycles. The van der Waals surface area contributed by atoms with Crippen LogP contribution < -0.4 is 4.74 Å². The van der Waals surface area contributed by atoms with E-state index in [1.54, 1.807) is 0 Å². The second-order valence-corrected chi connectivity index (χ2v) is 5.79. The summed E-state index contributed by atoms with van der Waals surface area (Å²) in [5.41, 5.74) is 1.91. The van der Waals surface area contributed by atoms with Gasteiger partial charge >= 0.3 is 0 Å². The first-order valence-electron chi connectivity index (χ1n) is 5.70. The smallest absolute Gasteiger partial charge is 0.152 e. The van der Waals surface area contributed by atoms with Crippen LogP contribution in [0.5, 0.6) is 11.5 Å². The first kappa shape index (κ1) is 13.4. The van der Waals surface area contributed by atoms with Crippen LogP contribution in [0, 0.1) is 0 Å². The molecule has 2 aromatic carbocycles. The minimum absolute atomic E-state index is 0.228. The van der Waals surface area contributed by atoms with Crippen LogP contribution in [0.25, 0.3) is 0 Å². The van der Waals surface area contributed by atoms with Gasteiger partial charge < -0.3 is 4.74 Å². The van der Waals surface area contributed by atoms with Crippen molar-refractivity contribution in [3.8, 4) is 11.5 Å². The van der Waals surface area contributed by atoms with E-state index in [4.69, 9.17) is 51.1 Å². The molecule has 0 unspecified atom stereocenters. The van der Waals surface area contributed by atoms with E-state index < -0.39 is 0 Å². The van der Waals surface area contributed by atoms with Crippen molar-refractivity contribution in [1.82, 2.24) is 0 Å². The third-order valence-electron chi connectivity index (χ3n) is 3.15. The molecule has 2 aromatic rings. The SMILES string of the molecule is Clc1c(Cl)c(Cl)c2c(c1Cl)CCc1ccccc1O2. The molecule has 1 aliphatic heterocycles. The van der Waals surface area contributed by atoms with Gasteiger partial charge in [0, 0.05) is 5.56 Å². The number of halogens is 4. The van der Waals surface area contributed by atoms with E-state index in [2.05, 4.69) is 0 Å². The average molecular weight is 334 g/mol. The minimum atomic E-state index is 0.228. The summed E-state index contributed by atoms with van der Waals surface area (Å²) in [6, 6.07) is 7.81. The van der Waals surface area contributed by atoms with Crippen molar-refractivity contribution in [1.29, 1.82) is 0 Å². The van der Waals surface area contributed by atoms with Crippen molar-refractivity contribution >= 4 is 46.4 Å². The fourth-order valence-corrected chi connectivity index (χ4v) is 3.17. The zero-order chi connectivity index (χ0) is 13.6. The van der Waals surface area contributed by atoms with Crippen LogP contribution in [-0.4, -0.2) is 0 Å². The zero-order valence-electron chi connectivity index (χ0n) is 9.64. The van der Waals surface area contributed by atoms with Crippen molar-refractivity contribution in [3.05, 3.63) is 55.5 Å². The summed E-state index contributed by atoms with van der Waals surface area (Å²) >= 11 is 24.6. The van der Waals surface area contributed by atoms with Gasteiger partial charge in [-0.3, -0.25) is 0 Å². The van der Waals surface area contributed by atoms with Gasteiger partial charge in [0.15, 0.2) is 5.75 Å². The molecular formula is C14H8Cl4O. The Morgan fingerprint density at radius 2 is 1.47 bits per heavy atom. The van der Waals surface area contributed by atoms with Gasteiger partial charge in [-0.1, -0.05) is 64.6 Å². The Morgan fingerprint density at radius 1 is 0.789 bits per heavy atom. The highest BCUT2D eigenvalue weighted by Gasteiger charge is 2.24. The first-order valence-corrected chi connectivity index (χ1v) is 7.21. The molecule has 0 aromatic heterocycles. The van der Waals surface area contributed by atoms with E-state index in [0.29, 0.717) is 22.2 Å². The van der Waals surface area contributed by atoms with Crippen LogP contribution in [0.3, 0.4) is 0 Å². The van der Waals surface area contributed by atoms with Gasteiger partial charge in [0.25, 0.3) is 0 Å². The molecular weight excluding hydrogens is 326 g/mol. The lowest BCUT2D eigenvalue weighted by atomic mass is 10.0. The highest BCUT2D eigenvalue weighted by atomic mass is 35.5. The van der Waals surface area contributed by atoms with Crippen molar-refractivity contribution in [2.24, 2.45) is 0 Å². The Labute approximate surface area is 131 Å². The largest absolute Gasteiger partial charge is 0.455 e. The Bertz CT molecular complexity index is 667. The van der Waals surface area contributed by atoms with Crippen molar-refractivity contribution in [2.75, 3.05) is 0 Å². The van der Waals surface area contributed by atoms with Crippen LogP contribution in [0.2, 0.25) is 20.1 Å². The van der Waals surface area contributed by atoms with Gasteiger partial charge in [-0.05, 0) is 24.5 Å². The highest BCUT2D eigenvalue weighted by Crippen LogP contribution is 2.49. The number of ether oxygens (including phenoxy) is 1. The van der Waals surface area contributed by atoms with Gasteiger partial charge in [0.05, 0.1) is 15.1 Å². The number of fused-ring (bicyclic) bond motifs is 2. The Morgan fingerprint density at radius 3 is 2.26 bits per heavy atom. The lowest BCUT2D eigenvalue weighted by molar-refractivity contribution is 0.479. The number of hydrogen-bond acceptors (Lipinski definition) is 1. The number of para-hydroxylation sites is 1. The minimum Gasteiger partial charge on any atom is -0.455 e. The van der Waals surface area contributed by atoms with Crippen molar-refractivity contribution < 1.29 is 4.74 Å². The van der Waals surface area contributed by atoms with Crippen molar-refractivity contribution in [3.63, 3.8) is 0 Å². The summed E-state index contributed by atoms with van der Waals surface area (Å²) in [5.74, 6) is 1.28. The molecule has 0 N–H and O–H groups in total. The molecule has 98 valence electrons. The van der Waals surface area contributed by atoms with E-state index in [1.807, 2.05) is 24.3 Å². The summed E-state index contributed by atoms with van der Waals surface area (Å²) in [6.45, 7) is 0. The average Bonchev–Trinajstić information content (AvgIpc) is 2.62. The van der Waals surface area contributed by atoms with Crippen LogP contribution in [0.4, 0.5) is 0 Å². The summed E-state index contributed by atoms with van der Waals surface area (Å²) in [5, 5.41) is 1.23. The molecule has 0 radical (unpaired) electrons. The molecule has 5 heteroatoms. The molecule has 1 heterocycles. The molecule has 1 nitrogen and oxygen atoms in total. The third kappa shape index (κ3) is 2.19. The standard InChI is InChI=1S/C14H8Cl4O/c15-10-8-6-5-7-3-1-2-4-9(7)19-14(8)13(18)12(17)11(10)16/h1-4H,5-6H2. The number of rotatable bonds is 0. The molecule has 1 aliphatic rings. The third-order valence-corrected chi connectivity index (χ3v) is 4.97. The molecule has 0 bridgehead atoms. The molecule has 0 atom stereocenters. The van der Waals surface area contributed by atoms with Gasteiger partial charge in [0.2, 0.25) is 0 Å². The topological polar surface area (TPSA) is 9.23 Å². The van der Waals surface area contributed by atoms with E-state index in [1.165, 1.54) is 0 Å². The number of aryl methyl sites for hydroxylation is 1. The predicted octanol–water partition coefficient (Wildman–Crippen LogP) is 6.19. The molecule has 19 heavy (non-hydrogen) atoms. The monoisotopic (exact) mass is 332 g/mol. The fourth-order valence-electron chi connectivity index (χ4n) is 2.17. The zero-order valence-corrected chi connectivity index (χ0v) is 12.7. The maximum Gasteiger partial charge on any atom is 0.152 e. The second-order valence-electron chi connectivity index (χ2n) is 4.27. The van der Waals surface area contributed by atoms with Crippen molar-refractivity contribution in [2.45, 2.75) is 12.8 Å². The maximum absolute atomic E-state index is 6.25. The number of benzene rings is 2. The summed E-state index contributed by atoms with van der Waals surface area (Å²) in [7, 11) is 0. The van der Waals surface area contributed by atoms with Crippen LogP contribution in [0.1, 0.15) is 11.1 Å². The van der Waals surface area contributed by atoms with Crippen LogP contribution in [0.15, 0.2) is 24.3 Å². The van der Waals surface area contributed by atoms with E-state index >= 15 is 0 Å². The Hall–Kier alpha value is -0.600. The second kappa shape index (κ2) is 5.06. The van der Waals surface area contributed by atoms with E-state index in [0.717, 1.165) is 23.3 Å². The summed E-state index contributed by atoms with van der Waals surface area (Å²) < 4.78 is 5.89. The Kier molecular flexibility index (Phi) is 3.57. The van der Waals surface area contributed by atoms with Gasteiger partial charge in [-0.15, -0.1) is 0 Å². The predicted molar refractivity (Wildman–Crippen MR) is 80.4 cm³/mol. The van der Waals surface area contributed by atoms with Crippen LogP contribution >= 0.6 is 46.4 Å². The molecule has 0 amide bonds. The lowest BCUT2D eigenvalue weighted by Crippen LogP contribution is -1.93. The molecule has 0 saturated heterocycles. The van der Waals surface area contributed by atoms with Gasteiger partial charge in [-0.2, -0.15) is 0 Å². The number of hydrogen-bond donors (Lipinski definition) is 0. The lowest BCUT2D eigenvalue weighted by Gasteiger charge is -2.14. The van der Waals surface area contributed by atoms with Crippen LogP contribution in [-0.2, 0) is 12.8 Å². The maximum atomic E-state index is 6.25. The normalized spacial score (nSPS) is 13.3. The first-order chi connectivity index (χ1) is 9.09. The molecule has 0 aliphatic carbocycles. The molecule has 3 rings (SSSR count). The quantitative estimate of drug-likeness (QED) is 0.412. The molecule has 0 fully saturated rings. The summed E-state index contributed by atoms with van der Waals surface area (Å²) in [6.07, 6.45) is 1.53. The molecule has 0 spiro atoms.